The minimum Gasteiger partial charge on any atom is -0.466 e. The molecule has 0 saturated carbocycles. The number of benzene rings is 1. The third-order valence-electron chi connectivity index (χ3n) is 2.11. The van der Waals surface area contributed by atoms with Crippen LogP contribution >= 0.6 is 23.4 Å². The molecular weight excluding hydrogens is 315 g/mol. The van der Waals surface area contributed by atoms with Gasteiger partial charge in [-0.25, -0.2) is 0 Å². The van der Waals surface area contributed by atoms with E-state index in [1.165, 1.54) is 6.07 Å². The minimum absolute atomic E-state index is 0.0230. The first-order chi connectivity index (χ1) is 9.26. The summed E-state index contributed by atoms with van der Waals surface area (Å²) in [6, 6.07) is 4.01. The molecule has 1 aromatic carbocycles. The average Bonchev–Trinajstić information content (AvgIpc) is 2.31. The Morgan fingerprint density at radius 2 is 2.15 bits per heavy atom. The molecule has 0 aliphatic carbocycles. The smallest absolute Gasteiger partial charge is 0.446 e. The molecule has 0 aliphatic rings. The van der Waals surface area contributed by atoms with Gasteiger partial charge in [0, 0.05) is 9.92 Å². The number of hydrogen-bond acceptors (Lipinski definition) is 4. The van der Waals surface area contributed by atoms with Crippen molar-refractivity contribution in [1.82, 2.24) is 0 Å². The Morgan fingerprint density at radius 1 is 1.50 bits per heavy atom. The normalized spacial score (nSPS) is 11.0. The zero-order valence-corrected chi connectivity index (χ0v) is 11.8. The Hall–Kier alpha value is -1.39. The third kappa shape index (κ3) is 4.94. The molecule has 0 fully saturated rings. The molecular formula is C12H9ClF3NO2S. The lowest BCUT2D eigenvalue weighted by Gasteiger charge is -2.13. The second-order valence-corrected chi connectivity index (χ2v) is 5.09. The number of thioether (sulfide) groups is 1. The first-order valence-corrected chi connectivity index (χ1v) is 6.60. The van der Waals surface area contributed by atoms with E-state index in [4.69, 9.17) is 16.9 Å². The van der Waals surface area contributed by atoms with Gasteiger partial charge in [0.1, 0.15) is 6.07 Å². The summed E-state index contributed by atoms with van der Waals surface area (Å²) in [7, 11) is 0. The summed E-state index contributed by atoms with van der Waals surface area (Å²) in [5.74, 6) is -0.678. The molecule has 0 spiro atoms. The second kappa shape index (κ2) is 6.86. The number of esters is 1. The molecule has 0 aromatic heterocycles. The van der Waals surface area contributed by atoms with Gasteiger partial charge < -0.3 is 4.74 Å². The SMILES string of the molecule is CCOC(=O)Cc1cc(Cl)cc(C#N)c1SC(F)(F)F. The van der Waals surface area contributed by atoms with Gasteiger partial charge in [-0.2, -0.15) is 18.4 Å². The molecule has 108 valence electrons. The standard InChI is InChI=1S/C12H9ClF3NO2S/c1-2-19-10(18)5-7-3-9(13)4-8(6-17)11(7)20-12(14,15)16/h3-4H,2,5H2,1H3. The van der Waals surface area contributed by atoms with Crippen LogP contribution in [0.25, 0.3) is 0 Å². The molecule has 1 aromatic rings. The number of hydrogen-bond donors (Lipinski definition) is 0. The van der Waals surface area contributed by atoms with Crippen LogP contribution in [0.4, 0.5) is 13.2 Å². The van der Waals surface area contributed by atoms with Gasteiger partial charge in [0.15, 0.2) is 0 Å². The highest BCUT2D eigenvalue weighted by Gasteiger charge is 2.32. The monoisotopic (exact) mass is 323 g/mol. The molecule has 0 radical (unpaired) electrons. The maximum Gasteiger partial charge on any atom is 0.446 e. The lowest BCUT2D eigenvalue weighted by Crippen LogP contribution is -2.10. The Labute approximate surface area is 122 Å². The van der Waals surface area contributed by atoms with Crippen LogP contribution in [0.5, 0.6) is 0 Å². The minimum atomic E-state index is -4.57. The zero-order valence-electron chi connectivity index (χ0n) is 10.3. The van der Waals surface area contributed by atoms with Crippen LogP contribution in [-0.4, -0.2) is 18.1 Å². The van der Waals surface area contributed by atoms with Crippen molar-refractivity contribution in [2.45, 2.75) is 23.7 Å². The molecule has 8 heteroatoms. The molecule has 0 unspecified atom stereocenters. The van der Waals surface area contributed by atoms with Gasteiger partial charge in [0.05, 0.1) is 18.6 Å². The van der Waals surface area contributed by atoms with Gasteiger partial charge in [-0.3, -0.25) is 4.79 Å². The highest BCUT2D eigenvalue weighted by atomic mass is 35.5. The molecule has 0 saturated heterocycles. The number of halogens is 4. The van der Waals surface area contributed by atoms with Crippen molar-refractivity contribution >= 4 is 29.3 Å². The fraction of sp³-hybridized carbons (Fsp3) is 0.333. The molecule has 0 N–H and O–H groups in total. The van der Waals surface area contributed by atoms with Crippen LogP contribution in [0.15, 0.2) is 17.0 Å². The molecule has 20 heavy (non-hydrogen) atoms. The summed E-state index contributed by atoms with van der Waals surface area (Å²) in [5.41, 5.74) is -4.77. The van der Waals surface area contributed by atoms with Gasteiger partial charge in [-0.15, -0.1) is 0 Å². The Bertz CT molecular complexity index is 555. The predicted octanol–water partition coefficient (Wildman–Crippen LogP) is 3.93. The zero-order chi connectivity index (χ0) is 15.3. The van der Waals surface area contributed by atoms with Crippen LogP contribution in [0.3, 0.4) is 0 Å². The lowest BCUT2D eigenvalue weighted by atomic mass is 10.1. The maximum atomic E-state index is 12.5. The summed E-state index contributed by atoms with van der Waals surface area (Å²) < 4.78 is 42.3. The van der Waals surface area contributed by atoms with E-state index in [2.05, 4.69) is 4.74 Å². The Balaban J connectivity index is 3.23. The van der Waals surface area contributed by atoms with Gasteiger partial charge in [-0.1, -0.05) is 11.6 Å². The van der Waals surface area contributed by atoms with E-state index in [0.29, 0.717) is 0 Å². The fourth-order valence-corrected chi connectivity index (χ4v) is 2.42. The number of nitrogens with zero attached hydrogens (tertiary/aromatic N) is 1. The van der Waals surface area contributed by atoms with E-state index in [1.54, 1.807) is 13.0 Å². The third-order valence-corrected chi connectivity index (χ3v) is 3.24. The lowest BCUT2D eigenvalue weighted by molar-refractivity contribution is -0.142. The molecule has 0 atom stereocenters. The van der Waals surface area contributed by atoms with E-state index in [1.807, 2.05) is 0 Å². The molecule has 0 heterocycles. The van der Waals surface area contributed by atoms with Crippen molar-refractivity contribution in [3.8, 4) is 6.07 Å². The van der Waals surface area contributed by atoms with Gasteiger partial charge in [0.25, 0.3) is 0 Å². The van der Waals surface area contributed by atoms with E-state index >= 15 is 0 Å². The Morgan fingerprint density at radius 3 is 2.65 bits per heavy atom. The van der Waals surface area contributed by atoms with Crippen molar-refractivity contribution in [2.24, 2.45) is 0 Å². The quantitative estimate of drug-likeness (QED) is 0.622. The summed E-state index contributed by atoms with van der Waals surface area (Å²) in [5, 5.41) is 8.99. The molecule has 1 rings (SSSR count). The molecule has 0 amide bonds. The van der Waals surface area contributed by atoms with Gasteiger partial charge in [-0.05, 0) is 36.4 Å². The highest BCUT2D eigenvalue weighted by Crippen LogP contribution is 2.41. The second-order valence-electron chi connectivity index (χ2n) is 3.58. The van der Waals surface area contributed by atoms with Crippen LogP contribution < -0.4 is 0 Å². The van der Waals surface area contributed by atoms with Gasteiger partial charge in [0.2, 0.25) is 0 Å². The van der Waals surface area contributed by atoms with Crippen LogP contribution in [0, 0.1) is 11.3 Å². The van der Waals surface area contributed by atoms with Crippen LogP contribution in [0.2, 0.25) is 5.02 Å². The summed E-state index contributed by atoms with van der Waals surface area (Å²) in [6.45, 7) is 1.70. The van der Waals surface area contributed by atoms with Crippen molar-refractivity contribution in [2.75, 3.05) is 6.61 Å². The number of alkyl halides is 3. The van der Waals surface area contributed by atoms with Crippen molar-refractivity contribution in [3.05, 3.63) is 28.3 Å². The van der Waals surface area contributed by atoms with Crippen molar-refractivity contribution in [1.29, 1.82) is 5.26 Å². The number of carbonyl (C=O) groups excluding carboxylic acids is 1. The van der Waals surface area contributed by atoms with E-state index < -0.39 is 23.2 Å². The summed E-state index contributed by atoms with van der Waals surface area (Å²) in [6.07, 6.45) is -0.374. The first-order valence-electron chi connectivity index (χ1n) is 5.40. The summed E-state index contributed by atoms with van der Waals surface area (Å²) in [4.78, 5) is 11.1. The topological polar surface area (TPSA) is 50.1 Å². The number of ether oxygens (including phenoxy) is 1. The van der Waals surface area contributed by atoms with Crippen molar-refractivity contribution < 1.29 is 22.7 Å². The fourth-order valence-electron chi connectivity index (χ4n) is 1.47. The molecule has 0 bridgehead atoms. The number of rotatable bonds is 4. The predicted molar refractivity (Wildman–Crippen MR) is 68.4 cm³/mol. The average molecular weight is 324 g/mol. The van der Waals surface area contributed by atoms with Gasteiger partial charge >= 0.3 is 11.5 Å². The van der Waals surface area contributed by atoms with E-state index in [0.717, 1.165) is 6.07 Å². The maximum absolute atomic E-state index is 12.5. The Kier molecular flexibility index (Phi) is 5.72. The van der Waals surface area contributed by atoms with E-state index in [-0.39, 0.29) is 34.1 Å². The number of carbonyl (C=O) groups is 1. The largest absolute Gasteiger partial charge is 0.466 e. The highest BCUT2D eigenvalue weighted by molar-refractivity contribution is 8.00. The number of nitriles is 1. The van der Waals surface area contributed by atoms with Crippen LogP contribution in [-0.2, 0) is 16.0 Å². The summed E-state index contributed by atoms with van der Waals surface area (Å²) >= 11 is 5.30. The van der Waals surface area contributed by atoms with Crippen molar-refractivity contribution in [3.63, 3.8) is 0 Å². The molecule has 0 aliphatic heterocycles. The first kappa shape index (κ1) is 16.7. The molecule has 3 nitrogen and oxygen atoms in total. The van der Waals surface area contributed by atoms with E-state index in [9.17, 15) is 18.0 Å². The van der Waals surface area contributed by atoms with Crippen LogP contribution in [0.1, 0.15) is 18.1 Å².